The Morgan fingerprint density at radius 3 is 2.77 bits per heavy atom. The van der Waals surface area contributed by atoms with E-state index in [0.717, 1.165) is 39.1 Å². The number of ether oxygens (including phenoxy) is 2. The first kappa shape index (κ1) is 17.4. The fourth-order valence-corrected chi connectivity index (χ4v) is 4.13. The first-order valence-corrected chi connectivity index (χ1v) is 9.40. The summed E-state index contributed by atoms with van der Waals surface area (Å²) in [5.41, 5.74) is 3.02. The second kappa shape index (κ2) is 7.67. The molecule has 1 fully saturated rings. The van der Waals surface area contributed by atoms with E-state index in [2.05, 4.69) is 35.2 Å². The van der Waals surface area contributed by atoms with Crippen molar-refractivity contribution in [2.24, 2.45) is 0 Å². The van der Waals surface area contributed by atoms with Crippen molar-refractivity contribution < 1.29 is 9.47 Å². The summed E-state index contributed by atoms with van der Waals surface area (Å²) in [6.07, 6.45) is 1.98. The monoisotopic (exact) mass is 368 g/mol. The zero-order valence-electron chi connectivity index (χ0n) is 14.5. The molecule has 2 aromatic carbocycles. The Labute approximate surface area is 158 Å². The van der Waals surface area contributed by atoms with Crippen molar-refractivity contribution in [1.82, 2.24) is 4.90 Å². The molecular formula is C21H21ClN2O2. The SMILES string of the molecule is N#Cc1cc(Cl)ccc1O[C@H]1c2ccccc2CC[C@@H]1N1CCOCC1. The van der Waals surface area contributed by atoms with Crippen LogP contribution in [-0.2, 0) is 11.2 Å². The Bertz CT molecular complexity index is 827. The van der Waals surface area contributed by atoms with Gasteiger partial charge in [-0.1, -0.05) is 35.9 Å². The molecule has 1 aliphatic heterocycles. The van der Waals surface area contributed by atoms with Gasteiger partial charge >= 0.3 is 0 Å². The van der Waals surface area contributed by atoms with Gasteiger partial charge in [0.1, 0.15) is 17.9 Å². The van der Waals surface area contributed by atoms with Crippen LogP contribution in [0.2, 0.25) is 5.02 Å². The first-order valence-electron chi connectivity index (χ1n) is 9.02. The first-order chi connectivity index (χ1) is 12.8. The third-order valence-electron chi connectivity index (χ3n) is 5.25. The minimum atomic E-state index is -0.105. The zero-order valence-corrected chi connectivity index (χ0v) is 15.3. The molecule has 5 heteroatoms. The van der Waals surface area contributed by atoms with Crippen LogP contribution >= 0.6 is 11.6 Å². The summed E-state index contributed by atoms with van der Waals surface area (Å²) < 4.78 is 12.0. The molecule has 4 nitrogen and oxygen atoms in total. The Kier molecular flexibility index (Phi) is 5.12. The highest BCUT2D eigenvalue weighted by Crippen LogP contribution is 2.38. The van der Waals surface area contributed by atoms with Gasteiger partial charge in [-0.25, -0.2) is 0 Å². The molecule has 0 amide bonds. The average molecular weight is 369 g/mol. The maximum atomic E-state index is 9.47. The van der Waals surface area contributed by atoms with Gasteiger partial charge in [-0.2, -0.15) is 5.26 Å². The minimum absolute atomic E-state index is 0.105. The number of morpholine rings is 1. The lowest BCUT2D eigenvalue weighted by molar-refractivity contribution is -0.0215. The lowest BCUT2D eigenvalue weighted by Crippen LogP contribution is -2.49. The second-order valence-corrected chi connectivity index (χ2v) is 7.18. The molecule has 2 aromatic rings. The summed E-state index contributed by atoms with van der Waals surface area (Å²) in [6.45, 7) is 3.35. The number of nitrogens with zero attached hydrogens (tertiary/aromatic N) is 2. The van der Waals surface area contributed by atoms with Crippen LogP contribution in [0.15, 0.2) is 42.5 Å². The number of fused-ring (bicyclic) bond motifs is 1. The Hall–Kier alpha value is -2.06. The van der Waals surface area contributed by atoms with Crippen LogP contribution in [-0.4, -0.2) is 37.2 Å². The van der Waals surface area contributed by atoms with E-state index in [9.17, 15) is 5.26 Å². The molecule has 26 heavy (non-hydrogen) atoms. The van der Waals surface area contributed by atoms with Gasteiger partial charge in [-0.15, -0.1) is 0 Å². The van der Waals surface area contributed by atoms with Crippen molar-refractivity contribution in [2.45, 2.75) is 25.0 Å². The van der Waals surface area contributed by atoms with Gasteiger partial charge in [0, 0.05) is 18.1 Å². The second-order valence-electron chi connectivity index (χ2n) is 6.74. The topological polar surface area (TPSA) is 45.5 Å². The number of hydrogen-bond acceptors (Lipinski definition) is 4. The molecule has 0 bridgehead atoms. The number of rotatable bonds is 3. The lowest BCUT2D eigenvalue weighted by atomic mass is 9.84. The molecule has 0 aromatic heterocycles. The van der Waals surface area contributed by atoms with Crippen LogP contribution in [0.4, 0.5) is 0 Å². The van der Waals surface area contributed by atoms with Crippen molar-refractivity contribution in [3.63, 3.8) is 0 Å². The summed E-state index contributed by atoms with van der Waals surface area (Å²) in [4.78, 5) is 2.46. The summed E-state index contributed by atoms with van der Waals surface area (Å²) in [5, 5.41) is 10.0. The highest BCUT2D eigenvalue weighted by atomic mass is 35.5. The fourth-order valence-electron chi connectivity index (χ4n) is 3.96. The van der Waals surface area contributed by atoms with Crippen molar-refractivity contribution in [2.75, 3.05) is 26.3 Å². The van der Waals surface area contributed by atoms with E-state index in [-0.39, 0.29) is 12.1 Å². The van der Waals surface area contributed by atoms with Gasteiger partial charge in [0.15, 0.2) is 0 Å². The number of benzene rings is 2. The van der Waals surface area contributed by atoms with Gasteiger partial charge in [0.2, 0.25) is 0 Å². The normalized spacial score (nSPS) is 23.1. The molecule has 2 aliphatic rings. The van der Waals surface area contributed by atoms with E-state index < -0.39 is 0 Å². The molecule has 134 valence electrons. The van der Waals surface area contributed by atoms with Gasteiger partial charge in [-0.05, 0) is 42.2 Å². The number of hydrogen-bond donors (Lipinski definition) is 0. The number of halogens is 1. The van der Waals surface area contributed by atoms with Gasteiger partial charge < -0.3 is 9.47 Å². The minimum Gasteiger partial charge on any atom is -0.483 e. The number of nitriles is 1. The predicted octanol–water partition coefficient (Wildman–Crippen LogP) is 3.98. The van der Waals surface area contributed by atoms with Crippen molar-refractivity contribution in [3.05, 3.63) is 64.2 Å². The maximum Gasteiger partial charge on any atom is 0.139 e. The van der Waals surface area contributed by atoms with Crippen LogP contribution in [0.5, 0.6) is 5.75 Å². The summed E-state index contributed by atoms with van der Waals surface area (Å²) >= 11 is 6.04. The smallest absolute Gasteiger partial charge is 0.139 e. The van der Waals surface area contributed by atoms with E-state index in [1.165, 1.54) is 11.1 Å². The molecule has 0 unspecified atom stereocenters. The molecule has 2 atom stereocenters. The van der Waals surface area contributed by atoms with Gasteiger partial charge in [0.25, 0.3) is 0 Å². The predicted molar refractivity (Wildman–Crippen MR) is 100 cm³/mol. The molecule has 1 saturated heterocycles. The average Bonchev–Trinajstić information content (AvgIpc) is 2.70. The quantitative estimate of drug-likeness (QED) is 0.822. The van der Waals surface area contributed by atoms with Crippen LogP contribution in [0.25, 0.3) is 0 Å². The van der Waals surface area contributed by atoms with E-state index in [1.807, 2.05) is 0 Å². The van der Waals surface area contributed by atoms with Crippen LogP contribution < -0.4 is 4.74 Å². The van der Waals surface area contributed by atoms with Gasteiger partial charge in [0.05, 0.1) is 24.8 Å². The van der Waals surface area contributed by atoms with E-state index in [1.54, 1.807) is 18.2 Å². The van der Waals surface area contributed by atoms with Crippen molar-refractivity contribution >= 4 is 11.6 Å². The van der Waals surface area contributed by atoms with E-state index >= 15 is 0 Å². The molecule has 1 heterocycles. The van der Waals surface area contributed by atoms with Crippen molar-refractivity contribution in [1.29, 1.82) is 5.26 Å². The third-order valence-corrected chi connectivity index (χ3v) is 5.49. The standard InChI is InChI=1S/C21H21ClN2O2/c22-17-6-8-20(16(13-17)14-23)26-21-18-4-2-1-3-15(18)5-7-19(21)24-9-11-25-12-10-24/h1-4,6,8,13,19,21H,5,7,9-12H2/t19-,21-/m0/s1. The molecule has 1 aliphatic carbocycles. The van der Waals surface area contributed by atoms with E-state index in [0.29, 0.717) is 16.3 Å². The molecule has 4 rings (SSSR count). The zero-order chi connectivity index (χ0) is 17.9. The molecule has 0 N–H and O–H groups in total. The summed E-state index contributed by atoms with van der Waals surface area (Å²) in [6, 6.07) is 16.2. The summed E-state index contributed by atoms with van der Waals surface area (Å²) in [7, 11) is 0. The molecule has 0 spiro atoms. The Morgan fingerprint density at radius 2 is 1.96 bits per heavy atom. The highest BCUT2D eigenvalue weighted by Gasteiger charge is 2.36. The molecular weight excluding hydrogens is 348 g/mol. The van der Waals surface area contributed by atoms with Crippen LogP contribution in [0.1, 0.15) is 29.2 Å². The van der Waals surface area contributed by atoms with Crippen LogP contribution in [0, 0.1) is 11.3 Å². The maximum absolute atomic E-state index is 9.47. The number of aryl methyl sites for hydroxylation is 1. The molecule has 0 saturated carbocycles. The highest BCUT2D eigenvalue weighted by molar-refractivity contribution is 6.30. The third kappa shape index (κ3) is 3.43. The Balaban J connectivity index is 1.70. The van der Waals surface area contributed by atoms with E-state index in [4.69, 9.17) is 21.1 Å². The van der Waals surface area contributed by atoms with Gasteiger partial charge in [-0.3, -0.25) is 4.90 Å². The molecule has 0 radical (unpaired) electrons. The largest absolute Gasteiger partial charge is 0.483 e. The van der Waals surface area contributed by atoms with Crippen molar-refractivity contribution in [3.8, 4) is 11.8 Å². The fraction of sp³-hybridized carbons (Fsp3) is 0.381. The van der Waals surface area contributed by atoms with Crippen LogP contribution in [0.3, 0.4) is 0 Å². The Morgan fingerprint density at radius 1 is 1.15 bits per heavy atom. The summed E-state index contributed by atoms with van der Waals surface area (Å²) in [5.74, 6) is 0.594. The lowest BCUT2D eigenvalue weighted by Gasteiger charge is -2.42.